The Bertz CT molecular complexity index is 135. The van der Waals surface area contributed by atoms with Crippen molar-refractivity contribution in [1.82, 2.24) is 5.32 Å². The third-order valence-corrected chi connectivity index (χ3v) is 1.34. The molecule has 0 radical (unpaired) electrons. The van der Waals surface area contributed by atoms with E-state index in [9.17, 15) is 0 Å². The van der Waals surface area contributed by atoms with Gasteiger partial charge in [-0.1, -0.05) is 0 Å². The molecule has 44 valence electrons. The SMILES string of the molecule is CC1=CNC=N[C@H]1C. The van der Waals surface area contributed by atoms with Gasteiger partial charge in [-0.05, 0) is 19.4 Å². The van der Waals surface area contributed by atoms with Crippen molar-refractivity contribution < 1.29 is 0 Å². The van der Waals surface area contributed by atoms with Crippen LogP contribution in [0.3, 0.4) is 0 Å². The Morgan fingerprint density at radius 2 is 2.50 bits per heavy atom. The van der Waals surface area contributed by atoms with Gasteiger partial charge in [-0.25, -0.2) is 0 Å². The van der Waals surface area contributed by atoms with Crippen LogP contribution in [-0.2, 0) is 0 Å². The van der Waals surface area contributed by atoms with Gasteiger partial charge in [0, 0.05) is 6.20 Å². The van der Waals surface area contributed by atoms with Crippen LogP contribution in [0, 0.1) is 0 Å². The molecule has 1 aliphatic rings. The molecule has 2 heteroatoms. The van der Waals surface area contributed by atoms with E-state index in [0.29, 0.717) is 6.04 Å². The molecule has 0 aromatic heterocycles. The highest BCUT2D eigenvalue weighted by molar-refractivity contribution is 5.58. The van der Waals surface area contributed by atoms with Gasteiger partial charge in [0.25, 0.3) is 0 Å². The van der Waals surface area contributed by atoms with Crippen LogP contribution in [0.1, 0.15) is 13.8 Å². The zero-order valence-corrected chi connectivity index (χ0v) is 5.18. The fourth-order valence-electron chi connectivity index (χ4n) is 0.562. The van der Waals surface area contributed by atoms with Gasteiger partial charge in [0.15, 0.2) is 0 Å². The zero-order valence-electron chi connectivity index (χ0n) is 5.18. The molecular formula is C6H10N2. The van der Waals surface area contributed by atoms with E-state index in [4.69, 9.17) is 0 Å². The highest BCUT2D eigenvalue weighted by Crippen LogP contribution is 2.04. The maximum atomic E-state index is 4.11. The molecule has 0 saturated carbocycles. The van der Waals surface area contributed by atoms with Gasteiger partial charge in [0.2, 0.25) is 0 Å². The molecule has 0 spiro atoms. The van der Waals surface area contributed by atoms with E-state index in [1.807, 2.05) is 6.20 Å². The van der Waals surface area contributed by atoms with Crippen molar-refractivity contribution in [2.24, 2.45) is 4.99 Å². The molecule has 1 atom stereocenters. The van der Waals surface area contributed by atoms with Crippen LogP contribution >= 0.6 is 0 Å². The summed E-state index contributed by atoms with van der Waals surface area (Å²) in [5.74, 6) is 0. The van der Waals surface area contributed by atoms with E-state index in [1.54, 1.807) is 6.34 Å². The average molecular weight is 110 g/mol. The van der Waals surface area contributed by atoms with E-state index < -0.39 is 0 Å². The summed E-state index contributed by atoms with van der Waals surface area (Å²) >= 11 is 0. The number of aliphatic imine (C=N–C) groups is 1. The van der Waals surface area contributed by atoms with E-state index in [2.05, 4.69) is 24.2 Å². The molecule has 1 heterocycles. The van der Waals surface area contributed by atoms with Crippen molar-refractivity contribution in [3.63, 3.8) is 0 Å². The van der Waals surface area contributed by atoms with Crippen molar-refractivity contribution in [2.45, 2.75) is 19.9 Å². The van der Waals surface area contributed by atoms with Crippen LogP contribution in [0.15, 0.2) is 16.8 Å². The van der Waals surface area contributed by atoms with Crippen molar-refractivity contribution in [3.05, 3.63) is 11.8 Å². The van der Waals surface area contributed by atoms with Crippen LogP contribution in [0.5, 0.6) is 0 Å². The topological polar surface area (TPSA) is 24.4 Å². The van der Waals surface area contributed by atoms with Crippen LogP contribution in [-0.4, -0.2) is 12.4 Å². The molecule has 1 aliphatic heterocycles. The lowest BCUT2D eigenvalue weighted by atomic mass is 10.2. The van der Waals surface area contributed by atoms with E-state index in [1.165, 1.54) is 5.57 Å². The second kappa shape index (κ2) is 1.99. The summed E-state index contributed by atoms with van der Waals surface area (Å²) in [5, 5.41) is 2.91. The highest BCUT2D eigenvalue weighted by atomic mass is 15.0. The molecule has 0 aliphatic carbocycles. The third kappa shape index (κ3) is 0.886. The lowest BCUT2D eigenvalue weighted by molar-refractivity contribution is 0.833. The van der Waals surface area contributed by atoms with Gasteiger partial charge in [-0.2, -0.15) is 0 Å². The Balaban J connectivity index is 2.63. The predicted octanol–water partition coefficient (Wildman–Crippen LogP) is 0.910. The smallest absolute Gasteiger partial charge is 0.0870 e. The van der Waals surface area contributed by atoms with Gasteiger partial charge < -0.3 is 5.32 Å². The first-order valence-electron chi connectivity index (χ1n) is 2.75. The Labute approximate surface area is 49.3 Å². The van der Waals surface area contributed by atoms with Crippen molar-refractivity contribution in [1.29, 1.82) is 0 Å². The van der Waals surface area contributed by atoms with E-state index in [-0.39, 0.29) is 0 Å². The molecule has 0 aromatic carbocycles. The molecule has 1 rings (SSSR count). The minimum atomic E-state index is 0.372. The molecule has 8 heavy (non-hydrogen) atoms. The quantitative estimate of drug-likeness (QED) is 0.492. The summed E-state index contributed by atoms with van der Waals surface area (Å²) in [6.07, 6.45) is 3.69. The van der Waals surface area contributed by atoms with Crippen LogP contribution < -0.4 is 5.32 Å². The standard InChI is InChI=1S/C6H10N2/c1-5-3-7-4-8-6(5)2/h3-4,6H,1-2H3,(H,7,8)/t6-/m0/s1. The maximum Gasteiger partial charge on any atom is 0.0870 e. The number of hydrogen-bond acceptors (Lipinski definition) is 2. The van der Waals surface area contributed by atoms with Crippen molar-refractivity contribution in [2.75, 3.05) is 0 Å². The Morgan fingerprint density at radius 3 is 2.88 bits per heavy atom. The molecule has 0 fully saturated rings. The molecular weight excluding hydrogens is 100 g/mol. The number of nitrogens with zero attached hydrogens (tertiary/aromatic N) is 1. The summed E-state index contributed by atoms with van der Waals surface area (Å²) in [7, 11) is 0. The van der Waals surface area contributed by atoms with Crippen molar-refractivity contribution >= 4 is 6.34 Å². The molecule has 0 amide bonds. The van der Waals surface area contributed by atoms with Crippen LogP contribution in [0.25, 0.3) is 0 Å². The van der Waals surface area contributed by atoms with Gasteiger partial charge in [0.05, 0.1) is 12.4 Å². The Hall–Kier alpha value is -0.790. The predicted molar refractivity (Wildman–Crippen MR) is 34.8 cm³/mol. The Morgan fingerprint density at radius 1 is 1.75 bits per heavy atom. The lowest BCUT2D eigenvalue weighted by Gasteiger charge is -2.10. The van der Waals surface area contributed by atoms with Crippen LogP contribution in [0.2, 0.25) is 0 Å². The maximum absolute atomic E-state index is 4.11. The fraction of sp³-hybridized carbons (Fsp3) is 0.500. The normalized spacial score (nSPS) is 26.8. The monoisotopic (exact) mass is 110 g/mol. The molecule has 2 nitrogen and oxygen atoms in total. The lowest BCUT2D eigenvalue weighted by Crippen LogP contribution is -2.14. The number of nitrogens with one attached hydrogen (secondary N) is 1. The summed E-state index contributed by atoms with van der Waals surface area (Å²) in [6, 6.07) is 0.372. The first kappa shape index (κ1) is 5.35. The third-order valence-electron chi connectivity index (χ3n) is 1.34. The van der Waals surface area contributed by atoms with Gasteiger partial charge in [-0.15, -0.1) is 0 Å². The highest BCUT2D eigenvalue weighted by Gasteiger charge is 2.01. The zero-order chi connectivity index (χ0) is 5.98. The Kier molecular flexibility index (Phi) is 1.33. The van der Waals surface area contributed by atoms with Gasteiger partial charge >= 0.3 is 0 Å². The van der Waals surface area contributed by atoms with Gasteiger partial charge in [-0.3, -0.25) is 4.99 Å². The minimum Gasteiger partial charge on any atom is -0.353 e. The van der Waals surface area contributed by atoms with Crippen LogP contribution in [0.4, 0.5) is 0 Å². The molecule has 0 aromatic rings. The first-order chi connectivity index (χ1) is 3.80. The summed E-state index contributed by atoms with van der Waals surface area (Å²) < 4.78 is 0. The average Bonchev–Trinajstić information content (AvgIpc) is 1.77. The summed E-state index contributed by atoms with van der Waals surface area (Å²) in [6.45, 7) is 4.14. The molecule has 0 bridgehead atoms. The van der Waals surface area contributed by atoms with E-state index in [0.717, 1.165) is 0 Å². The largest absolute Gasteiger partial charge is 0.353 e. The first-order valence-corrected chi connectivity index (χ1v) is 2.75. The molecule has 0 saturated heterocycles. The summed E-state index contributed by atoms with van der Waals surface area (Å²) in [5.41, 5.74) is 1.28. The second-order valence-electron chi connectivity index (χ2n) is 2.01. The van der Waals surface area contributed by atoms with Gasteiger partial charge in [0.1, 0.15) is 0 Å². The molecule has 0 unspecified atom stereocenters. The number of hydrogen-bond donors (Lipinski definition) is 1. The fourth-order valence-corrected chi connectivity index (χ4v) is 0.562. The minimum absolute atomic E-state index is 0.372. The van der Waals surface area contributed by atoms with Crippen molar-refractivity contribution in [3.8, 4) is 0 Å². The molecule has 1 N–H and O–H groups in total. The number of rotatable bonds is 0. The summed E-state index contributed by atoms with van der Waals surface area (Å²) in [4.78, 5) is 4.11. The second-order valence-corrected chi connectivity index (χ2v) is 2.01. The van der Waals surface area contributed by atoms with E-state index >= 15 is 0 Å².